The lowest BCUT2D eigenvalue weighted by molar-refractivity contribution is -0.118. The average molecular weight is 311 g/mol. The summed E-state index contributed by atoms with van der Waals surface area (Å²) in [6, 6.07) is 12.8. The van der Waals surface area contributed by atoms with Gasteiger partial charge in [-0.2, -0.15) is 0 Å². The summed E-state index contributed by atoms with van der Waals surface area (Å²) in [5.74, 6) is 0.881. The van der Waals surface area contributed by atoms with Crippen LogP contribution in [0.4, 0.5) is 5.69 Å². The SMILES string of the molecule is COc1ccccc1OCC(=O)Nc1ccc2c(c1)ncn2C. The predicted octanol–water partition coefficient (Wildman–Crippen LogP) is 2.60. The first-order valence-corrected chi connectivity index (χ1v) is 7.14. The second kappa shape index (κ2) is 6.39. The van der Waals surface area contributed by atoms with Crippen molar-refractivity contribution < 1.29 is 14.3 Å². The summed E-state index contributed by atoms with van der Waals surface area (Å²) in [5.41, 5.74) is 2.52. The Labute approximate surface area is 133 Å². The fourth-order valence-electron chi connectivity index (χ4n) is 2.29. The normalized spacial score (nSPS) is 10.5. The van der Waals surface area contributed by atoms with E-state index in [1.807, 2.05) is 41.9 Å². The molecule has 1 aromatic heterocycles. The molecule has 2 aromatic carbocycles. The summed E-state index contributed by atoms with van der Waals surface area (Å²) in [7, 11) is 3.49. The van der Waals surface area contributed by atoms with Crippen molar-refractivity contribution in [2.24, 2.45) is 7.05 Å². The summed E-state index contributed by atoms with van der Waals surface area (Å²) >= 11 is 0. The van der Waals surface area contributed by atoms with Crippen LogP contribution in [0.2, 0.25) is 0 Å². The number of hydrogen-bond acceptors (Lipinski definition) is 4. The van der Waals surface area contributed by atoms with E-state index in [1.165, 1.54) is 0 Å². The average Bonchev–Trinajstić information content (AvgIpc) is 2.94. The number of aryl methyl sites for hydroxylation is 1. The van der Waals surface area contributed by atoms with Gasteiger partial charge in [-0.05, 0) is 30.3 Å². The van der Waals surface area contributed by atoms with Gasteiger partial charge >= 0.3 is 0 Å². The van der Waals surface area contributed by atoms with E-state index in [4.69, 9.17) is 9.47 Å². The molecule has 3 aromatic rings. The van der Waals surface area contributed by atoms with E-state index < -0.39 is 0 Å². The fraction of sp³-hybridized carbons (Fsp3) is 0.176. The van der Waals surface area contributed by atoms with Gasteiger partial charge in [0.25, 0.3) is 5.91 Å². The second-order valence-corrected chi connectivity index (χ2v) is 5.05. The van der Waals surface area contributed by atoms with Gasteiger partial charge in [0, 0.05) is 12.7 Å². The molecule has 0 radical (unpaired) electrons. The molecule has 1 N–H and O–H groups in total. The van der Waals surface area contributed by atoms with Crippen LogP contribution in [0.1, 0.15) is 0 Å². The Bertz CT molecular complexity index is 842. The van der Waals surface area contributed by atoms with Crippen LogP contribution in [0.5, 0.6) is 11.5 Å². The highest BCUT2D eigenvalue weighted by atomic mass is 16.5. The van der Waals surface area contributed by atoms with Crippen molar-refractivity contribution in [2.45, 2.75) is 0 Å². The lowest BCUT2D eigenvalue weighted by Gasteiger charge is -2.10. The van der Waals surface area contributed by atoms with Gasteiger partial charge in [0.1, 0.15) is 0 Å². The number of benzene rings is 2. The van der Waals surface area contributed by atoms with Crippen molar-refractivity contribution in [1.82, 2.24) is 9.55 Å². The van der Waals surface area contributed by atoms with Crippen molar-refractivity contribution >= 4 is 22.6 Å². The number of hydrogen-bond donors (Lipinski definition) is 1. The summed E-state index contributed by atoms with van der Waals surface area (Å²) in [6.45, 7) is -0.0966. The highest BCUT2D eigenvalue weighted by Crippen LogP contribution is 2.25. The minimum absolute atomic E-state index is 0.0966. The van der Waals surface area contributed by atoms with Crippen LogP contribution < -0.4 is 14.8 Å². The number of methoxy groups -OCH3 is 1. The lowest BCUT2D eigenvalue weighted by atomic mass is 10.2. The maximum Gasteiger partial charge on any atom is 0.262 e. The number of carbonyl (C=O) groups is 1. The van der Waals surface area contributed by atoms with E-state index in [1.54, 1.807) is 25.6 Å². The maximum absolute atomic E-state index is 12.0. The molecule has 23 heavy (non-hydrogen) atoms. The fourth-order valence-corrected chi connectivity index (χ4v) is 2.29. The number of nitrogens with zero attached hydrogens (tertiary/aromatic N) is 2. The van der Waals surface area contributed by atoms with Gasteiger partial charge in [-0.25, -0.2) is 4.98 Å². The quantitative estimate of drug-likeness (QED) is 0.786. The van der Waals surface area contributed by atoms with Gasteiger partial charge in [0.05, 0.1) is 24.5 Å². The monoisotopic (exact) mass is 311 g/mol. The van der Waals surface area contributed by atoms with Crippen LogP contribution in [-0.4, -0.2) is 29.2 Å². The summed E-state index contributed by atoms with van der Waals surface area (Å²) in [4.78, 5) is 16.3. The summed E-state index contributed by atoms with van der Waals surface area (Å²) < 4.78 is 12.6. The second-order valence-electron chi connectivity index (χ2n) is 5.05. The van der Waals surface area contributed by atoms with Gasteiger partial charge < -0.3 is 19.4 Å². The minimum atomic E-state index is -0.244. The third-order valence-electron chi connectivity index (χ3n) is 3.44. The van der Waals surface area contributed by atoms with Gasteiger partial charge in [0.2, 0.25) is 0 Å². The van der Waals surface area contributed by atoms with Crippen LogP contribution in [-0.2, 0) is 11.8 Å². The van der Waals surface area contributed by atoms with E-state index in [0.717, 1.165) is 11.0 Å². The molecule has 118 valence electrons. The standard InChI is InChI=1S/C17H17N3O3/c1-20-11-18-13-9-12(7-8-14(13)20)19-17(21)10-23-16-6-4-3-5-15(16)22-2/h3-9,11H,10H2,1-2H3,(H,19,21). The van der Waals surface area contributed by atoms with Gasteiger partial charge in [-0.1, -0.05) is 12.1 Å². The Kier molecular flexibility index (Phi) is 4.14. The van der Waals surface area contributed by atoms with Crippen molar-refractivity contribution in [1.29, 1.82) is 0 Å². The molecule has 0 unspecified atom stereocenters. The number of fused-ring (bicyclic) bond motifs is 1. The Morgan fingerprint density at radius 2 is 2.00 bits per heavy atom. The van der Waals surface area contributed by atoms with Crippen LogP contribution in [0.15, 0.2) is 48.8 Å². The van der Waals surface area contributed by atoms with Gasteiger partial charge in [0.15, 0.2) is 18.1 Å². The number of rotatable bonds is 5. The van der Waals surface area contributed by atoms with E-state index >= 15 is 0 Å². The highest BCUT2D eigenvalue weighted by molar-refractivity contribution is 5.94. The van der Waals surface area contributed by atoms with Crippen molar-refractivity contribution in [3.63, 3.8) is 0 Å². The molecule has 1 amide bonds. The molecule has 0 saturated carbocycles. The van der Waals surface area contributed by atoms with Crippen LogP contribution >= 0.6 is 0 Å². The number of aromatic nitrogens is 2. The molecule has 0 atom stereocenters. The molecule has 0 saturated heterocycles. The Hall–Kier alpha value is -3.02. The Morgan fingerprint density at radius 3 is 2.78 bits per heavy atom. The molecule has 3 rings (SSSR count). The Balaban J connectivity index is 1.64. The number of anilines is 1. The third kappa shape index (κ3) is 3.26. The topological polar surface area (TPSA) is 65.4 Å². The number of nitrogens with one attached hydrogen (secondary N) is 1. The van der Waals surface area contributed by atoms with Crippen LogP contribution in [0.3, 0.4) is 0 Å². The first-order chi connectivity index (χ1) is 11.2. The first-order valence-electron chi connectivity index (χ1n) is 7.14. The van der Waals surface area contributed by atoms with Crippen molar-refractivity contribution in [2.75, 3.05) is 19.0 Å². The number of imidazole rings is 1. The smallest absolute Gasteiger partial charge is 0.262 e. The molecule has 0 aliphatic carbocycles. The molecule has 0 aliphatic rings. The van der Waals surface area contributed by atoms with E-state index in [9.17, 15) is 4.79 Å². The molecular weight excluding hydrogens is 294 g/mol. The third-order valence-corrected chi connectivity index (χ3v) is 3.44. The van der Waals surface area contributed by atoms with Gasteiger partial charge in [-0.3, -0.25) is 4.79 Å². The summed E-state index contributed by atoms with van der Waals surface area (Å²) in [5, 5.41) is 2.80. The van der Waals surface area contributed by atoms with Gasteiger partial charge in [-0.15, -0.1) is 0 Å². The highest BCUT2D eigenvalue weighted by Gasteiger charge is 2.08. The van der Waals surface area contributed by atoms with E-state index in [-0.39, 0.29) is 12.5 Å². The predicted molar refractivity (Wildman–Crippen MR) is 87.8 cm³/mol. The lowest BCUT2D eigenvalue weighted by Crippen LogP contribution is -2.20. The number of amides is 1. The molecule has 6 nitrogen and oxygen atoms in total. The van der Waals surface area contributed by atoms with Crippen molar-refractivity contribution in [3.8, 4) is 11.5 Å². The zero-order valence-corrected chi connectivity index (χ0v) is 12.9. The largest absolute Gasteiger partial charge is 0.493 e. The van der Waals surface area contributed by atoms with Crippen LogP contribution in [0, 0.1) is 0 Å². The molecule has 0 fully saturated rings. The minimum Gasteiger partial charge on any atom is -0.493 e. The molecular formula is C17H17N3O3. The zero-order chi connectivity index (χ0) is 16.2. The molecule has 0 spiro atoms. The van der Waals surface area contributed by atoms with Crippen LogP contribution in [0.25, 0.3) is 11.0 Å². The molecule has 0 bridgehead atoms. The number of carbonyl (C=O) groups excluding carboxylic acids is 1. The number of para-hydroxylation sites is 2. The summed E-state index contributed by atoms with van der Waals surface area (Å²) in [6.07, 6.45) is 1.74. The molecule has 6 heteroatoms. The molecule has 1 heterocycles. The first kappa shape index (κ1) is 14.9. The Morgan fingerprint density at radius 1 is 1.22 bits per heavy atom. The van der Waals surface area contributed by atoms with E-state index in [0.29, 0.717) is 17.2 Å². The maximum atomic E-state index is 12.0. The van der Waals surface area contributed by atoms with Crippen molar-refractivity contribution in [3.05, 3.63) is 48.8 Å². The zero-order valence-electron chi connectivity index (χ0n) is 12.9. The number of ether oxygens (including phenoxy) is 2. The van der Waals surface area contributed by atoms with E-state index in [2.05, 4.69) is 10.3 Å². The molecule has 0 aliphatic heterocycles.